The molecule has 1 aromatic heterocycles. The number of fused-ring (bicyclic) bond motifs is 1. The number of anilines is 2. The molecule has 0 unspecified atom stereocenters. The molecule has 0 aliphatic heterocycles. The summed E-state index contributed by atoms with van der Waals surface area (Å²) in [4.78, 5) is 20.2. The number of carbonyl (C=O) groups is 1. The van der Waals surface area contributed by atoms with Gasteiger partial charge in [-0.15, -0.1) is 0 Å². The molecule has 20 heavy (non-hydrogen) atoms. The van der Waals surface area contributed by atoms with E-state index in [1.807, 2.05) is 54.6 Å². The third-order valence-electron chi connectivity index (χ3n) is 2.81. The quantitative estimate of drug-likeness (QED) is 0.746. The summed E-state index contributed by atoms with van der Waals surface area (Å²) in [5.41, 5.74) is 1.51. The van der Waals surface area contributed by atoms with Crippen LogP contribution in [0, 0.1) is 0 Å². The van der Waals surface area contributed by atoms with Gasteiger partial charge in [0.25, 0.3) is 0 Å². The molecule has 5 nitrogen and oxygen atoms in total. The Morgan fingerprint density at radius 2 is 1.60 bits per heavy atom. The van der Waals surface area contributed by atoms with E-state index >= 15 is 0 Å². The van der Waals surface area contributed by atoms with Gasteiger partial charge in [0.2, 0.25) is 0 Å². The molecule has 0 aliphatic carbocycles. The Morgan fingerprint density at radius 3 is 2.45 bits per heavy atom. The summed E-state index contributed by atoms with van der Waals surface area (Å²) in [6.45, 7) is 0. The van der Waals surface area contributed by atoms with E-state index in [0.29, 0.717) is 5.82 Å². The number of aromatic nitrogens is 2. The van der Waals surface area contributed by atoms with E-state index in [4.69, 9.17) is 0 Å². The van der Waals surface area contributed by atoms with Gasteiger partial charge < -0.3 is 5.32 Å². The second-order valence-electron chi connectivity index (χ2n) is 4.18. The van der Waals surface area contributed by atoms with E-state index in [0.717, 1.165) is 16.6 Å². The first-order valence-electron chi connectivity index (χ1n) is 6.16. The van der Waals surface area contributed by atoms with Gasteiger partial charge in [0.15, 0.2) is 0 Å². The van der Waals surface area contributed by atoms with E-state index < -0.39 is 0 Å². The summed E-state index contributed by atoms with van der Waals surface area (Å²) in [5, 5.41) is 6.28. The van der Waals surface area contributed by atoms with E-state index in [9.17, 15) is 4.79 Å². The zero-order valence-corrected chi connectivity index (χ0v) is 10.6. The first-order chi connectivity index (χ1) is 9.83. The third-order valence-corrected chi connectivity index (χ3v) is 2.81. The van der Waals surface area contributed by atoms with Crippen LogP contribution in [0.1, 0.15) is 0 Å². The van der Waals surface area contributed by atoms with E-state index in [1.165, 1.54) is 6.33 Å². The number of nitrogens with one attached hydrogen (secondary N) is 2. The van der Waals surface area contributed by atoms with Crippen molar-refractivity contribution in [2.75, 3.05) is 10.6 Å². The molecular weight excluding hydrogens is 252 g/mol. The van der Waals surface area contributed by atoms with Gasteiger partial charge in [-0.2, -0.15) is 0 Å². The highest BCUT2D eigenvalue weighted by molar-refractivity contribution is 6.04. The lowest BCUT2D eigenvalue weighted by Crippen LogP contribution is -2.20. The molecule has 5 heteroatoms. The van der Waals surface area contributed by atoms with Crippen LogP contribution < -0.4 is 10.6 Å². The van der Waals surface area contributed by atoms with Crippen LogP contribution >= 0.6 is 0 Å². The predicted molar refractivity (Wildman–Crippen MR) is 78.6 cm³/mol. The molecule has 0 aliphatic rings. The smallest absolute Gasteiger partial charge is 0.308 e. The maximum Gasteiger partial charge on any atom is 0.324 e. The van der Waals surface area contributed by atoms with E-state index in [-0.39, 0.29) is 6.03 Å². The topological polar surface area (TPSA) is 66.9 Å². The Bertz CT molecular complexity index is 738. The fourth-order valence-corrected chi connectivity index (χ4v) is 1.90. The summed E-state index contributed by atoms with van der Waals surface area (Å²) < 4.78 is 0. The van der Waals surface area contributed by atoms with Crippen LogP contribution in [0.4, 0.5) is 16.3 Å². The number of rotatable bonds is 2. The van der Waals surface area contributed by atoms with Crippen molar-refractivity contribution in [2.45, 2.75) is 0 Å². The Morgan fingerprint density at radius 1 is 0.850 bits per heavy atom. The van der Waals surface area contributed by atoms with Crippen molar-refractivity contribution in [3.8, 4) is 0 Å². The number of benzene rings is 2. The Labute approximate surface area is 115 Å². The number of urea groups is 1. The molecule has 2 N–H and O–H groups in total. The van der Waals surface area contributed by atoms with Crippen LogP contribution in [-0.2, 0) is 0 Å². The first kappa shape index (κ1) is 12.1. The lowest BCUT2D eigenvalue weighted by Gasteiger charge is -2.08. The number of para-hydroxylation sites is 2. The lowest BCUT2D eigenvalue weighted by molar-refractivity contribution is 0.262. The van der Waals surface area contributed by atoms with Crippen molar-refractivity contribution in [1.29, 1.82) is 0 Å². The van der Waals surface area contributed by atoms with Crippen molar-refractivity contribution < 1.29 is 4.79 Å². The van der Waals surface area contributed by atoms with Gasteiger partial charge >= 0.3 is 6.03 Å². The molecule has 0 spiro atoms. The highest BCUT2D eigenvalue weighted by Gasteiger charge is 2.07. The average molecular weight is 264 g/mol. The van der Waals surface area contributed by atoms with E-state index in [1.54, 1.807) is 0 Å². The van der Waals surface area contributed by atoms with Crippen molar-refractivity contribution >= 4 is 28.4 Å². The van der Waals surface area contributed by atoms with Crippen LogP contribution in [0.3, 0.4) is 0 Å². The molecule has 0 atom stereocenters. The highest BCUT2D eigenvalue weighted by atomic mass is 16.2. The number of nitrogens with zero attached hydrogens (tertiary/aromatic N) is 2. The summed E-state index contributed by atoms with van der Waals surface area (Å²) >= 11 is 0. The maximum atomic E-state index is 11.9. The molecule has 0 fully saturated rings. The van der Waals surface area contributed by atoms with Gasteiger partial charge in [0.1, 0.15) is 12.1 Å². The Kier molecular flexibility index (Phi) is 3.24. The largest absolute Gasteiger partial charge is 0.324 e. The number of carbonyl (C=O) groups excluding carboxylic acids is 1. The van der Waals surface area contributed by atoms with Crippen molar-refractivity contribution in [2.24, 2.45) is 0 Å². The minimum atomic E-state index is -0.333. The molecule has 1 heterocycles. The van der Waals surface area contributed by atoms with Gasteiger partial charge in [0, 0.05) is 11.1 Å². The van der Waals surface area contributed by atoms with Crippen LogP contribution in [0.5, 0.6) is 0 Å². The second-order valence-corrected chi connectivity index (χ2v) is 4.18. The van der Waals surface area contributed by atoms with Gasteiger partial charge in [0.05, 0.1) is 5.52 Å². The predicted octanol–water partition coefficient (Wildman–Crippen LogP) is 3.27. The normalized spacial score (nSPS) is 10.2. The summed E-state index contributed by atoms with van der Waals surface area (Å²) in [6.07, 6.45) is 1.43. The number of hydrogen-bond donors (Lipinski definition) is 2. The van der Waals surface area contributed by atoms with Crippen LogP contribution in [0.25, 0.3) is 10.9 Å². The molecular formula is C15H12N4O. The monoisotopic (exact) mass is 264 g/mol. The molecule has 3 rings (SSSR count). The fraction of sp³-hybridized carbons (Fsp3) is 0. The fourth-order valence-electron chi connectivity index (χ4n) is 1.90. The molecule has 0 saturated heterocycles. The van der Waals surface area contributed by atoms with Crippen LogP contribution in [0.15, 0.2) is 60.9 Å². The van der Waals surface area contributed by atoms with Gasteiger partial charge in [-0.25, -0.2) is 14.8 Å². The molecule has 2 aromatic carbocycles. The zero-order chi connectivity index (χ0) is 13.8. The maximum absolute atomic E-state index is 11.9. The van der Waals surface area contributed by atoms with Crippen molar-refractivity contribution in [1.82, 2.24) is 9.97 Å². The molecule has 0 saturated carbocycles. The number of hydrogen-bond acceptors (Lipinski definition) is 3. The van der Waals surface area contributed by atoms with Crippen molar-refractivity contribution in [3.63, 3.8) is 0 Å². The van der Waals surface area contributed by atoms with Gasteiger partial charge in [-0.3, -0.25) is 5.32 Å². The highest BCUT2D eigenvalue weighted by Crippen LogP contribution is 2.18. The van der Waals surface area contributed by atoms with Gasteiger partial charge in [-0.1, -0.05) is 30.3 Å². The first-order valence-corrected chi connectivity index (χ1v) is 6.16. The van der Waals surface area contributed by atoms with Gasteiger partial charge in [-0.05, 0) is 24.3 Å². The third kappa shape index (κ3) is 2.56. The standard InChI is InChI=1S/C15H12N4O/c20-15(18-11-6-2-1-3-7-11)19-14-12-8-4-5-9-13(12)16-10-17-14/h1-10H,(H2,16,17,18,19,20). The average Bonchev–Trinajstić information content (AvgIpc) is 2.48. The molecule has 3 aromatic rings. The minimum absolute atomic E-state index is 0.333. The molecule has 0 bridgehead atoms. The Hall–Kier alpha value is -2.95. The SMILES string of the molecule is O=C(Nc1ccccc1)Nc1ncnc2ccccc12. The second kappa shape index (κ2) is 5.36. The molecule has 98 valence electrons. The minimum Gasteiger partial charge on any atom is -0.308 e. The lowest BCUT2D eigenvalue weighted by atomic mass is 10.2. The van der Waals surface area contributed by atoms with Crippen LogP contribution in [-0.4, -0.2) is 16.0 Å². The number of amides is 2. The van der Waals surface area contributed by atoms with E-state index in [2.05, 4.69) is 20.6 Å². The zero-order valence-electron chi connectivity index (χ0n) is 10.6. The molecule has 0 radical (unpaired) electrons. The Balaban J connectivity index is 1.81. The van der Waals surface area contributed by atoms with Crippen LogP contribution in [0.2, 0.25) is 0 Å². The summed E-state index contributed by atoms with van der Waals surface area (Å²) in [7, 11) is 0. The summed E-state index contributed by atoms with van der Waals surface area (Å²) in [5.74, 6) is 0.490. The summed E-state index contributed by atoms with van der Waals surface area (Å²) in [6, 6.07) is 16.4. The molecule has 2 amide bonds. The van der Waals surface area contributed by atoms with Crippen molar-refractivity contribution in [3.05, 3.63) is 60.9 Å².